The maximum absolute atomic E-state index is 12.3. The minimum Gasteiger partial charge on any atom is -0.448 e. The highest BCUT2D eigenvalue weighted by Crippen LogP contribution is 2.11. The van der Waals surface area contributed by atoms with Crippen LogP contribution in [0, 0.1) is 0 Å². The molecule has 0 aliphatic heterocycles. The van der Waals surface area contributed by atoms with Gasteiger partial charge >= 0.3 is 5.97 Å². The van der Waals surface area contributed by atoms with Crippen molar-refractivity contribution in [2.24, 2.45) is 0 Å². The number of benzene rings is 2. The van der Waals surface area contributed by atoms with Crippen LogP contribution < -0.4 is 16.4 Å². The van der Waals surface area contributed by atoms with Crippen molar-refractivity contribution in [2.75, 3.05) is 0 Å². The lowest BCUT2D eigenvalue weighted by atomic mass is 10.1. The lowest BCUT2D eigenvalue weighted by Gasteiger charge is -2.14. The van der Waals surface area contributed by atoms with Gasteiger partial charge in [0.2, 0.25) is 0 Å². The molecule has 2 aromatic carbocycles. The summed E-state index contributed by atoms with van der Waals surface area (Å²) >= 11 is 0. The first-order valence-corrected chi connectivity index (χ1v) is 8.44. The van der Waals surface area contributed by atoms with Crippen LogP contribution in [0.5, 0.6) is 0 Å². The quantitative estimate of drug-likeness (QED) is 0.469. The number of hydrazine groups is 1. The number of pyridine rings is 1. The van der Waals surface area contributed by atoms with Crippen LogP contribution in [0.3, 0.4) is 0 Å². The number of H-pyrrole nitrogens is 1. The fourth-order valence-electron chi connectivity index (χ4n) is 2.48. The summed E-state index contributed by atoms with van der Waals surface area (Å²) in [4.78, 5) is 50.7. The Balaban J connectivity index is 1.61. The number of ether oxygens (including phenoxy) is 1. The number of fused-ring (bicyclic) bond motifs is 1. The summed E-state index contributed by atoms with van der Waals surface area (Å²) in [5, 5.41) is 1.01. The topological polar surface area (TPSA) is 117 Å². The lowest BCUT2D eigenvalue weighted by molar-refractivity contribution is -0.129. The van der Waals surface area contributed by atoms with Gasteiger partial charge in [0.05, 0.1) is 0 Å². The van der Waals surface area contributed by atoms with E-state index in [9.17, 15) is 19.2 Å². The zero-order chi connectivity index (χ0) is 20.1. The van der Waals surface area contributed by atoms with Gasteiger partial charge in [0.15, 0.2) is 6.10 Å². The molecule has 0 saturated heterocycles. The van der Waals surface area contributed by atoms with E-state index in [4.69, 9.17) is 4.74 Å². The van der Waals surface area contributed by atoms with Crippen molar-refractivity contribution in [3.63, 3.8) is 0 Å². The predicted molar refractivity (Wildman–Crippen MR) is 101 cm³/mol. The summed E-state index contributed by atoms with van der Waals surface area (Å²) < 4.78 is 5.07. The fourth-order valence-corrected chi connectivity index (χ4v) is 2.48. The van der Waals surface area contributed by atoms with Crippen LogP contribution >= 0.6 is 0 Å². The van der Waals surface area contributed by atoms with E-state index in [1.807, 2.05) is 0 Å². The largest absolute Gasteiger partial charge is 0.448 e. The Morgan fingerprint density at radius 1 is 0.964 bits per heavy atom. The van der Waals surface area contributed by atoms with Crippen LogP contribution in [0.25, 0.3) is 10.8 Å². The second-order valence-corrected chi connectivity index (χ2v) is 5.96. The van der Waals surface area contributed by atoms with Gasteiger partial charge in [-0.3, -0.25) is 25.2 Å². The van der Waals surface area contributed by atoms with E-state index in [0.717, 1.165) is 0 Å². The highest BCUT2D eigenvalue weighted by atomic mass is 16.5. The van der Waals surface area contributed by atoms with E-state index in [0.29, 0.717) is 16.3 Å². The number of esters is 1. The van der Waals surface area contributed by atoms with Crippen LogP contribution in [-0.4, -0.2) is 28.9 Å². The molecule has 0 spiro atoms. The van der Waals surface area contributed by atoms with Crippen LogP contribution in [0.1, 0.15) is 27.8 Å². The van der Waals surface area contributed by atoms with Crippen LogP contribution in [-0.2, 0) is 9.53 Å². The molecule has 8 nitrogen and oxygen atoms in total. The smallest absolute Gasteiger partial charge is 0.355 e. The minimum atomic E-state index is -1.20. The van der Waals surface area contributed by atoms with E-state index in [1.54, 1.807) is 54.6 Å². The van der Waals surface area contributed by atoms with E-state index >= 15 is 0 Å². The van der Waals surface area contributed by atoms with Gasteiger partial charge in [0.25, 0.3) is 17.4 Å². The molecule has 8 heteroatoms. The van der Waals surface area contributed by atoms with Crippen molar-refractivity contribution in [1.82, 2.24) is 15.8 Å². The average Bonchev–Trinajstić information content (AvgIpc) is 2.72. The van der Waals surface area contributed by atoms with Crippen molar-refractivity contribution in [2.45, 2.75) is 13.0 Å². The van der Waals surface area contributed by atoms with Crippen molar-refractivity contribution in [1.29, 1.82) is 0 Å². The Bertz CT molecular complexity index is 1090. The number of hydrogen-bond donors (Lipinski definition) is 3. The van der Waals surface area contributed by atoms with Gasteiger partial charge in [-0.1, -0.05) is 36.4 Å². The Kier molecular flexibility index (Phi) is 5.50. The molecular formula is C20H17N3O5. The second-order valence-electron chi connectivity index (χ2n) is 5.96. The van der Waals surface area contributed by atoms with Crippen molar-refractivity contribution in [3.05, 3.63) is 82.3 Å². The number of amides is 2. The first-order chi connectivity index (χ1) is 13.5. The van der Waals surface area contributed by atoms with E-state index in [1.165, 1.54) is 13.0 Å². The summed E-state index contributed by atoms with van der Waals surface area (Å²) in [7, 11) is 0. The molecule has 28 heavy (non-hydrogen) atoms. The molecular weight excluding hydrogens is 362 g/mol. The van der Waals surface area contributed by atoms with Gasteiger partial charge in [0.1, 0.15) is 5.69 Å². The van der Waals surface area contributed by atoms with Gasteiger partial charge in [-0.15, -0.1) is 0 Å². The first kappa shape index (κ1) is 18.8. The van der Waals surface area contributed by atoms with Crippen molar-refractivity contribution in [3.8, 4) is 0 Å². The van der Waals surface area contributed by atoms with Gasteiger partial charge in [-0.2, -0.15) is 0 Å². The molecule has 0 unspecified atom stereocenters. The Hall–Kier alpha value is -3.94. The monoisotopic (exact) mass is 379 g/mol. The zero-order valence-corrected chi connectivity index (χ0v) is 14.9. The fraction of sp³-hybridized carbons (Fsp3) is 0.100. The molecule has 3 rings (SSSR count). The molecule has 2 amide bonds. The maximum atomic E-state index is 12.3. The Labute approximate surface area is 159 Å². The number of aromatic amines is 1. The molecule has 0 aliphatic carbocycles. The highest BCUT2D eigenvalue weighted by Gasteiger charge is 2.20. The molecule has 3 aromatic rings. The summed E-state index contributed by atoms with van der Waals surface area (Å²) in [6.45, 7) is 1.35. The third-order valence-electron chi connectivity index (χ3n) is 3.96. The number of hydrogen-bond acceptors (Lipinski definition) is 5. The number of carbonyl (C=O) groups is 3. The standard InChI is InChI=1S/C20H17N3O5/c1-12(17(24)22-23-18(25)13-7-3-2-4-8-13)28-20(27)16-11-14-9-5-6-10-15(14)19(26)21-16/h2-12H,1H3,(H,21,26)(H,22,24)(H,23,25)/t12-/m0/s1. The van der Waals surface area contributed by atoms with Crippen LogP contribution in [0.2, 0.25) is 0 Å². The number of rotatable bonds is 4. The van der Waals surface area contributed by atoms with Gasteiger partial charge in [-0.05, 0) is 36.6 Å². The number of carbonyl (C=O) groups excluding carboxylic acids is 3. The molecule has 0 fully saturated rings. The second kappa shape index (κ2) is 8.17. The zero-order valence-electron chi connectivity index (χ0n) is 14.9. The molecule has 0 radical (unpaired) electrons. The SMILES string of the molecule is C[C@H](OC(=O)c1cc2ccccc2c(=O)[nH]1)C(=O)NNC(=O)c1ccccc1. The van der Waals surface area contributed by atoms with E-state index in [2.05, 4.69) is 15.8 Å². The summed E-state index contributed by atoms with van der Waals surface area (Å²) in [5.41, 5.74) is 4.29. The maximum Gasteiger partial charge on any atom is 0.355 e. The molecule has 0 bridgehead atoms. The van der Waals surface area contributed by atoms with Crippen LogP contribution in [0.15, 0.2) is 65.5 Å². The molecule has 1 atom stereocenters. The molecule has 1 heterocycles. The predicted octanol–water partition coefficient (Wildman–Crippen LogP) is 1.53. The molecule has 142 valence electrons. The lowest BCUT2D eigenvalue weighted by Crippen LogP contribution is -2.46. The van der Waals surface area contributed by atoms with E-state index in [-0.39, 0.29) is 5.69 Å². The van der Waals surface area contributed by atoms with Crippen molar-refractivity contribution >= 4 is 28.6 Å². The van der Waals surface area contributed by atoms with E-state index < -0.39 is 29.4 Å². The normalized spacial score (nSPS) is 11.5. The van der Waals surface area contributed by atoms with Crippen LogP contribution in [0.4, 0.5) is 0 Å². The minimum absolute atomic E-state index is 0.0725. The Morgan fingerprint density at radius 3 is 2.39 bits per heavy atom. The molecule has 0 aliphatic rings. The highest BCUT2D eigenvalue weighted by molar-refractivity contribution is 5.97. The summed E-state index contributed by atoms with van der Waals surface area (Å²) in [6.07, 6.45) is -1.20. The van der Waals surface area contributed by atoms with Gasteiger partial charge < -0.3 is 9.72 Å². The average molecular weight is 379 g/mol. The summed E-state index contributed by atoms with van der Waals surface area (Å²) in [5.74, 6) is -2.09. The molecule has 1 aromatic heterocycles. The Morgan fingerprint density at radius 2 is 1.64 bits per heavy atom. The molecule has 0 saturated carbocycles. The van der Waals surface area contributed by atoms with Gasteiger partial charge in [-0.25, -0.2) is 4.79 Å². The third kappa shape index (κ3) is 4.24. The van der Waals surface area contributed by atoms with Gasteiger partial charge in [0, 0.05) is 10.9 Å². The first-order valence-electron chi connectivity index (χ1n) is 8.44. The third-order valence-corrected chi connectivity index (χ3v) is 3.96. The number of nitrogens with one attached hydrogen (secondary N) is 3. The number of aromatic nitrogens is 1. The summed E-state index contributed by atoms with van der Waals surface area (Å²) in [6, 6.07) is 16.5. The van der Waals surface area contributed by atoms with Crippen molar-refractivity contribution < 1.29 is 19.1 Å². The molecule has 3 N–H and O–H groups in total.